The molecule has 47 heavy (non-hydrogen) atoms. The van der Waals surface area contributed by atoms with Crippen LogP contribution in [0.1, 0.15) is 40.2 Å². The third-order valence-corrected chi connectivity index (χ3v) is 8.96. The molecule has 16 heteroatoms. The van der Waals surface area contributed by atoms with Crippen molar-refractivity contribution in [2.45, 2.75) is 29.7 Å². The molecule has 0 aromatic heterocycles. The second kappa shape index (κ2) is 15.3. The summed E-state index contributed by atoms with van der Waals surface area (Å²) >= 11 is 0. The monoisotopic (exact) mass is 666 g/mol. The smallest absolute Gasteiger partial charge is 0.339 e. The Balaban J connectivity index is 1.47. The van der Waals surface area contributed by atoms with Crippen LogP contribution in [0.15, 0.2) is 82.7 Å². The first-order valence-corrected chi connectivity index (χ1v) is 15.9. The summed E-state index contributed by atoms with van der Waals surface area (Å²) in [5, 5.41) is 9.67. The Hall–Kier alpha value is -5.35. The number of sulfonamides is 1. The second-order valence-electron chi connectivity index (χ2n) is 10.5. The molecular formula is C31H34N6O9S. The van der Waals surface area contributed by atoms with Gasteiger partial charge in [-0.05, 0) is 47.2 Å². The Bertz CT molecular complexity index is 1750. The Labute approximate surface area is 270 Å². The second-order valence-corrected chi connectivity index (χ2v) is 12.2. The first-order valence-electron chi connectivity index (χ1n) is 14.4. The van der Waals surface area contributed by atoms with Crippen LogP contribution >= 0.6 is 0 Å². The molecule has 3 aromatic rings. The van der Waals surface area contributed by atoms with Crippen LogP contribution in [-0.2, 0) is 29.1 Å². The maximum atomic E-state index is 13.6. The maximum absolute atomic E-state index is 13.6. The van der Waals surface area contributed by atoms with Crippen molar-refractivity contribution in [3.63, 3.8) is 0 Å². The summed E-state index contributed by atoms with van der Waals surface area (Å²) in [5.41, 5.74) is 11.0. The highest BCUT2D eigenvalue weighted by atomic mass is 32.2. The summed E-state index contributed by atoms with van der Waals surface area (Å²) in [6, 6.07) is 19.6. The molecule has 1 atom stereocenters. The molecule has 248 valence electrons. The summed E-state index contributed by atoms with van der Waals surface area (Å²) in [5.74, 6) is -3.04. The number of hydrogen-bond acceptors (Lipinski definition) is 10. The maximum Gasteiger partial charge on any atom is 0.339 e. The van der Waals surface area contributed by atoms with Crippen LogP contribution in [-0.4, -0.2) is 82.1 Å². The summed E-state index contributed by atoms with van der Waals surface area (Å²) in [6.45, 7) is -0.538. The molecule has 4 N–H and O–H groups in total. The Kier molecular flexibility index (Phi) is 11.2. The highest BCUT2D eigenvalue weighted by molar-refractivity contribution is 7.89. The van der Waals surface area contributed by atoms with Crippen molar-refractivity contribution in [3.8, 4) is 11.1 Å². The highest BCUT2D eigenvalue weighted by Crippen LogP contribution is 2.44. The SMILES string of the molecule is COC(=O)c1ccccc1S(=O)(=O)NC(CCCN=C(N)N[N+](=O)[O-])C(=O)N(C)CC(=O)OCC1c2ccccc2-c2ccccc21. The van der Waals surface area contributed by atoms with E-state index >= 15 is 0 Å². The molecular weight excluding hydrogens is 632 g/mol. The third-order valence-electron chi connectivity index (χ3n) is 7.43. The zero-order valence-electron chi connectivity index (χ0n) is 25.6. The quantitative estimate of drug-likeness (QED) is 0.0564. The summed E-state index contributed by atoms with van der Waals surface area (Å²) in [7, 11) is -2.05. The van der Waals surface area contributed by atoms with Crippen LogP contribution in [0.3, 0.4) is 0 Å². The third kappa shape index (κ3) is 8.47. The van der Waals surface area contributed by atoms with E-state index in [1.54, 1.807) is 5.43 Å². The van der Waals surface area contributed by atoms with Crippen LogP contribution in [0.4, 0.5) is 0 Å². The number of carbonyl (C=O) groups is 3. The van der Waals surface area contributed by atoms with E-state index in [-0.39, 0.29) is 37.5 Å². The number of fused-ring (bicyclic) bond motifs is 3. The fourth-order valence-corrected chi connectivity index (χ4v) is 6.70. The van der Waals surface area contributed by atoms with Gasteiger partial charge < -0.3 is 20.1 Å². The van der Waals surface area contributed by atoms with Crippen LogP contribution in [0.2, 0.25) is 0 Å². The molecule has 0 saturated carbocycles. The number of methoxy groups -OCH3 is 1. The minimum Gasteiger partial charge on any atom is -0.465 e. The molecule has 0 saturated heterocycles. The predicted octanol–water partition coefficient (Wildman–Crippen LogP) is 1.81. The van der Waals surface area contributed by atoms with Crippen LogP contribution in [0.5, 0.6) is 0 Å². The number of benzene rings is 3. The molecule has 0 fully saturated rings. The molecule has 0 aliphatic heterocycles. The number of likely N-dealkylation sites (N-methyl/N-ethyl adjacent to an activating group) is 1. The number of hydrazine groups is 1. The van der Waals surface area contributed by atoms with Crippen molar-refractivity contribution in [2.75, 3.05) is 33.9 Å². The lowest BCUT2D eigenvalue weighted by Gasteiger charge is -2.24. The van der Waals surface area contributed by atoms with Gasteiger partial charge in [-0.25, -0.2) is 28.3 Å². The molecule has 1 unspecified atom stereocenters. The zero-order valence-corrected chi connectivity index (χ0v) is 26.4. The fraction of sp³-hybridized carbons (Fsp3) is 0.290. The molecule has 0 radical (unpaired) electrons. The van der Waals surface area contributed by atoms with Gasteiger partial charge in [0.05, 0.1) is 17.6 Å². The number of ether oxygens (including phenoxy) is 2. The number of aliphatic imine (C=N–C) groups is 1. The average Bonchev–Trinajstić information content (AvgIpc) is 3.37. The minimum atomic E-state index is -4.48. The molecule has 0 heterocycles. The number of rotatable bonds is 14. The highest BCUT2D eigenvalue weighted by Gasteiger charge is 2.32. The first-order chi connectivity index (χ1) is 22.4. The summed E-state index contributed by atoms with van der Waals surface area (Å²) < 4.78 is 39.5. The van der Waals surface area contributed by atoms with E-state index in [1.165, 1.54) is 31.3 Å². The standard InChI is InChI=1S/C31H34N6O9S/c1-36(18-28(38)46-19-25-22-12-5-3-10-20(22)21-11-4-6-13-23(21)25)29(39)26(15-9-17-33-31(32)34-37(41)42)35-47(43,44)27-16-8-7-14-24(27)30(40)45-2/h3-8,10-14,16,25-26,35H,9,15,17-19H2,1-2H3,(H3,32,33,34). The van der Waals surface area contributed by atoms with Crippen molar-refractivity contribution in [2.24, 2.45) is 10.7 Å². The lowest BCUT2D eigenvalue weighted by molar-refractivity contribution is -0.525. The van der Waals surface area contributed by atoms with Gasteiger partial charge in [0.1, 0.15) is 19.2 Å². The van der Waals surface area contributed by atoms with Crippen molar-refractivity contribution in [1.82, 2.24) is 15.0 Å². The molecule has 15 nitrogen and oxygen atoms in total. The van der Waals surface area contributed by atoms with E-state index in [0.29, 0.717) is 0 Å². The lowest BCUT2D eigenvalue weighted by Crippen LogP contribution is -2.49. The number of hydrogen-bond donors (Lipinski definition) is 3. The number of nitro groups is 1. The molecule has 1 amide bonds. The largest absolute Gasteiger partial charge is 0.465 e. The van der Waals surface area contributed by atoms with E-state index in [0.717, 1.165) is 34.3 Å². The number of esters is 2. The number of nitrogens with zero attached hydrogens (tertiary/aromatic N) is 3. The van der Waals surface area contributed by atoms with Crippen molar-refractivity contribution >= 4 is 33.8 Å². The predicted molar refractivity (Wildman–Crippen MR) is 170 cm³/mol. The van der Waals surface area contributed by atoms with Crippen molar-refractivity contribution in [3.05, 3.63) is 99.6 Å². The van der Waals surface area contributed by atoms with Gasteiger partial charge in [-0.1, -0.05) is 66.1 Å². The van der Waals surface area contributed by atoms with Gasteiger partial charge >= 0.3 is 11.9 Å². The van der Waals surface area contributed by atoms with E-state index in [2.05, 4.69) is 9.71 Å². The topological polar surface area (TPSA) is 213 Å². The molecule has 1 aliphatic rings. The molecule has 3 aromatic carbocycles. The van der Waals surface area contributed by atoms with Gasteiger partial charge in [0.15, 0.2) is 5.03 Å². The summed E-state index contributed by atoms with van der Waals surface area (Å²) in [4.78, 5) is 53.7. The van der Waals surface area contributed by atoms with Crippen molar-refractivity contribution < 1.29 is 37.3 Å². The average molecular weight is 667 g/mol. The van der Waals surface area contributed by atoms with Crippen LogP contribution < -0.4 is 15.9 Å². The van der Waals surface area contributed by atoms with Gasteiger partial charge in [0.25, 0.3) is 5.96 Å². The Morgan fingerprint density at radius 2 is 1.62 bits per heavy atom. The van der Waals surface area contributed by atoms with Gasteiger partial charge in [-0.3, -0.25) is 9.59 Å². The number of amides is 1. The number of nitrogens with one attached hydrogen (secondary N) is 2. The van der Waals surface area contributed by atoms with Crippen molar-refractivity contribution in [1.29, 1.82) is 0 Å². The van der Waals surface area contributed by atoms with E-state index in [4.69, 9.17) is 15.2 Å². The molecule has 1 aliphatic carbocycles. The van der Waals surface area contributed by atoms with E-state index in [9.17, 15) is 32.9 Å². The molecule has 4 rings (SSSR count). The Morgan fingerprint density at radius 1 is 1.02 bits per heavy atom. The van der Waals surface area contributed by atoms with Crippen LogP contribution in [0, 0.1) is 10.1 Å². The number of guanidine groups is 1. The lowest BCUT2D eigenvalue weighted by atomic mass is 9.98. The first kappa shape index (κ1) is 34.5. The van der Waals surface area contributed by atoms with E-state index < -0.39 is 56.3 Å². The van der Waals surface area contributed by atoms with Gasteiger partial charge in [0, 0.05) is 19.5 Å². The minimum absolute atomic E-state index is 0.0346. The number of nitrogens with two attached hydrogens (primary N) is 1. The van der Waals surface area contributed by atoms with Gasteiger partial charge in [0.2, 0.25) is 15.9 Å². The number of carbonyl (C=O) groups excluding carboxylic acids is 3. The Morgan fingerprint density at radius 3 is 2.23 bits per heavy atom. The molecule has 0 bridgehead atoms. The summed E-state index contributed by atoms with van der Waals surface area (Å²) in [6.07, 6.45) is -0.0703. The van der Waals surface area contributed by atoms with Gasteiger partial charge in [-0.15, -0.1) is 0 Å². The normalized spacial score (nSPS) is 13.2. The zero-order chi connectivity index (χ0) is 34.1. The van der Waals surface area contributed by atoms with Gasteiger partial charge in [-0.2, -0.15) is 4.72 Å². The van der Waals surface area contributed by atoms with E-state index in [1.807, 2.05) is 48.5 Å². The van der Waals surface area contributed by atoms with Crippen LogP contribution in [0.25, 0.3) is 11.1 Å². The fourth-order valence-electron chi connectivity index (χ4n) is 5.29. The molecule has 0 spiro atoms.